The van der Waals surface area contributed by atoms with Gasteiger partial charge in [0, 0.05) is 25.4 Å². The highest BCUT2D eigenvalue weighted by atomic mass is 32.2. The van der Waals surface area contributed by atoms with Crippen molar-refractivity contribution < 1.29 is 27.5 Å². The van der Waals surface area contributed by atoms with Crippen LogP contribution in [-0.2, 0) is 19.4 Å². The number of amides is 1. The Kier molecular flexibility index (Phi) is 6.75. The van der Waals surface area contributed by atoms with E-state index in [1.54, 1.807) is 11.8 Å². The van der Waals surface area contributed by atoms with Crippen LogP contribution < -0.4 is 0 Å². The van der Waals surface area contributed by atoms with Gasteiger partial charge >= 0.3 is 5.97 Å². The Hall–Kier alpha value is -1.96. The second-order valence-corrected chi connectivity index (χ2v) is 8.90. The zero-order valence-corrected chi connectivity index (χ0v) is 15.5. The standard InChI is InChI=1S/C18H24FNO5S/c1-13(12-26(24,25)16-7-5-15(19)6-8-16)18(23)20-10-2-3-14(11-20)4-9-17(21)22/h5-8,13-14H,2-4,9-12H2,1H3,(H,21,22). The monoisotopic (exact) mass is 385 g/mol. The van der Waals surface area contributed by atoms with Crippen molar-refractivity contribution in [3.63, 3.8) is 0 Å². The summed E-state index contributed by atoms with van der Waals surface area (Å²) in [7, 11) is -3.69. The number of hydrogen-bond donors (Lipinski definition) is 1. The van der Waals surface area contributed by atoms with Crippen molar-refractivity contribution in [3.8, 4) is 0 Å². The molecule has 6 nitrogen and oxygen atoms in total. The molecule has 2 unspecified atom stereocenters. The lowest BCUT2D eigenvalue weighted by Crippen LogP contribution is -2.43. The quantitative estimate of drug-likeness (QED) is 0.728. The number of aliphatic carboxylic acids is 1. The average Bonchev–Trinajstić information content (AvgIpc) is 2.59. The lowest BCUT2D eigenvalue weighted by atomic mass is 9.93. The first-order valence-corrected chi connectivity index (χ1v) is 10.3. The van der Waals surface area contributed by atoms with E-state index in [9.17, 15) is 22.4 Å². The maximum absolute atomic E-state index is 13.0. The lowest BCUT2D eigenvalue weighted by molar-refractivity contribution is -0.137. The highest BCUT2D eigenvalue weighted by Crippen LogP contribution is 2.23. The van der Waals surface area contributed by atoms with Gasteiger partial charge in [-0.25, -0.2) is 12.8 Å². The minimum Gasteiger partial charge on any atom is -0.481 e. The maximum Gasteiger partial charge on any atom is 0.303 e. The van der Waals surface area contributed by atoms with E-state index in [-0.39, 0.29) is 28.9 Å². The van der Waals surface area contributed by atoms with Crippen LogP contribution in [0.3, 0.4) is 0 Å². The van der Waals surface area contributed by atoms with Gasteiger partial charge in [0.1, 0.15) is 5.82 Å². The van der Waals surface area contributed by atoms with E-state index < -0.39 is 27.5 Å². The van der Waals surface area contributed by atoms with Crippen molar-refractivity contribution in [1.29, 1.82) is 0 Å². The molecule has 8 heteroatoms. The highest BCUT2D eigenvalue weighted by Gasteiger charge is 2.30. The number of benzene rings is 1. The number of rotatable bonds is 7. The number of carboxylic acids is 1. The number of piperidine rings is 1. The first-order valence-electron chi connectivity index (χ1n) is 8.68. The molecule has 1 aliphatic heterocycles. The molecule has 1 aromatic rings. The second-order valence-electron chi connectivity index (χ2n) is 6.86. The van der Waals surface area contributed by atoms with E-state index in [2.05, 4.69) is 0 Å². The van der Waals surface area contributed by atoms with Gasteiger partial charge in [0.15, 0.2) is 9.84 Å². The summed E-state index contributed by atoms with van der Waals surface area (Å²) in [6.45, 7) is 2.60. The van der Waals surface area contributed by atoms with Gasteiger partial charge < -0.3 is 10.0 Å². The van der Waals surface area contributed by atoms with E-state index in [1.165, 1.54) is 12.1 Å². The van der Waals surface area contributed by atoms with E-state index in [4.69, 9.17) is 5.11 Å². The van der Waals surface area contributed by atoms with E-state index in [1.807, 2.05) is 0 Å². The molecule has 0 saturated carbocycles. The molecule has 0 radical (unpaired) electrons. The Morgan fingerprint density at radius 2 is 1.96 bits per heavy atom. The molecule has 2 rings (SSSR count). The van der Waals surface area contributed by atoms with E-state index in [0.717, 1.165) is 25.0 Å². The Balaban J connectivity index is 1.97. The number of likely N-dealkylation sites (tertiary alicyclic amines) is 1. The lowest BCUT2D eigenvalue weighted by Gasteiger charge is -2.34. The number of carbonyl (C=O) groups excluding carboxylic acids is 1. The smallest absolute Gasteiger partial charge is 0.303 e. The Morgan fingerprint density at radius 1 is 1.31 bits per heavy atom. The minimum atomic E-state index is -3.69. The van der Waals surface area contributed by atoms with Crippen molar-refractivity contribution in [2.75, 3.05) is 18.8 Å². The first kappa shape index (κ1) is 20.4. The molecule has 26 heavy (non-hydrogen) atoms. The third kappa shape index (κ3) is 5.52. The Morgan fingerprint density at radius 3 is 2.58 bits per heavy atom. The molecule has 144 valence electrons. The molecule has 0 spiro atoms. The van der Waals surface area contributed by atoms with Crippen LogP contribution in [-0.4, -0.2) is 49.1 Å². The summed E-state index contributed by atoms with van der Waals surface area (Å²) in [6.07, 6.45) is 2.25. The molecular formula is C18H24FNO5S. The summed E-state index contributed by atoms with van der Waals surface area (Å²) >= 11 is 0. The Labute approximate surface area is 152 Å². The van der Waals surface area contributed by atoms with Crippen LogP contribution in [0.1, 0.15) is 32.6 Å². The largest absolute Gasteiger partial charge is 0.481 e. The predicted octanol–water partition coefficient (Wildman–Crippen LogP) is 2.34. The van der Waals surface area contributed by atoms with Crippen molar-refractivity contribution in [2.45, 2.75) is 37.5 Å². The summed E-state index contributed by atoms with van der Waals surface area (Å²) in [5.41, 5.74) is 0. The van der Waals surface area contributed by atoms with Gasteiger partial charge in [-0.05, 0) is 49.4 Å². The van der Waals surface area contributed by atoms with Crippen molar-refractivity contribution in [1.82, 2.24) is 4.90 Å². The van der Waals surface area contributed by atoms with E-state index >= 15 is 0 Å². The molecule has 1 fully saturated rings. The third-order valence-corrected chi connectivity index (χ3v) is 6.59. The molecule has 0 aromatic heterocycles. The van der Waals surface area contributed by atoms with Gasteiger partial charge in [0.2, 0.25) is 5.91 Å². The van der Waals surface area contributed by atoms with Crippen LogP contribution in [0.2, 0.25) is 0 Å². The fourth-order valence-electron chi connectivity index (χ4n) is 3.28. The van der Waals surface area contributed by atoms with Gasteiger partial charge in [0.05, 0.1) is 10.6 Å². The van der Waals surface area contributed by atoms with Gasteiger partial charge in [0.25, 0.3) is 0 Å². The predicted molar refractivity (Wildman–Crippen MR) is 93.8 cm³/mol. The summed E-state index contributed by atoms with van der Waals surface area (Å²) in [6, 6.07) is 4.56. The summed E-state index contributed by atoms with van der Waals surface area (Å²) in [4.78, 5) is 25.0. The number of carboxylic acid groups (broad SMARTS) is 1. The van der Waals surface area contributed by atoms with Gasteiger partial charge in [-0.1, -0.05) is 6.92 Å². The van der Waals surface area contributed by atoms with Crippen molar-refractivity contribution in [3.05, 3.63) is 30.1 Å². The fourth-order valence-corrected chi connectivity index (χ4v) is 4.82. The molecule has 1 amide bonds. The number of nitrogens with zero attached hydrogens (tertiary/aromatic N) is 1. The molecule has 0 bridgehead atoms. The first-order chi connectivity index (χ1) is 12.2. The second kappa shape index (κ2) is 8.62. The zero-order chi connectivity index (χ0) is 19.3. The van der Waals surface area contributed by atoms with Crippen molar-refractivity contribution in [2.24, 2.45) is 11.8 Å². The van der Waals surface area contributed by atoms with Gasteiger partial charge in [-0.3, -0.25) is 9.59 Å². The molecule has 1 N–H and O–H groups in total. The topological polar surface area (TPSA) is 91.8 Å². The SMILES string of the molecule is CC(CS(=O)(=O)c1ccc(F)cc1)C(=O)N1CCCC(CCC(=O)O)C1. The Bertz CT molecular complexity index is 747. The van der Waals surface area contributed by atoms with E-state index in [0.29, 0.717) is 19.5 Å². The summed E-state index contributed by atoms with van der Waals surface area (Å²) in [5, 5.41) is 8.79. The maximum atomic E-state index is 13.0. The number of halogens is 1. The van der Waals surface area contributed by atoms with Crippen LogP contribution in [0, 0.1) is 17.7 Å². The molecular weight excluding hydrogens is 361 g/mol. The summed E-state index contributed by atoms with van der Waals surface area (Å²) in [5.74, 6) is -2.54. The molecule has 1 aromatic carbocycles. The molecule has 1 saturated heterocycles. The van der Waals surface area contributed by atoms with Crippen LogP contribution >= 0.6 is 0 Å². The minimum absolute atomic E-state index is 0.00321. The average molecular weight is 385 g/mol. The third-order valence-electron chi connectivity index (χ3n) is 4.66. The number of hydrogen-bond acceptors (Lipinski definition) is 4. The van der Waals surface area contributed by atoms with Crippen molar-refractivity contribution >= 4 is 21.7 Å². The number of carbonyl (C=O) groups is 2. The van der Waals surface area contributed by atoms with Crippen LogP contribution in [0.25, 0.3) is 0 Å². The molecule has 1 heterocycles. The summed E-state index contributed by atoms with van der Waals surface area (Å²) < 4.78 is 37.8. The van der Waals surface area contributed by atoms with Crippen LogP contribution in [0.4, 0.5) is 4.39 Å². The van der Waals surface area contributed by atoms with Gasteiger partial charge in [-0.2, -0.15) is 0 Å². The molecule has 2 atom stereocenters. The van der Waals surface area contributed by atoms with Gasteiger partial charge in [-0.15, -0.1) is 0 Å². The van der Waals surface area contributed by atoms with Crippen LogP contribution in [0.15, 0.2) is 29.2 Å². The van der Waals surface area contributed by atoms with Crippen LogP contribution in [0.5, 0.6) is 0 Å². The fraction of sp³-hybridized carbons (Fsp3) is 0.556. The number of sulfone groups is 1. The zero-order valence-electron chi connectivity index (χ0n) is 14.7. The normalized spacial score (nSPS) is 19.2. The highest BCUT2D eigenvalue weighted by molar-refractivity contribution is 7.91. The molecule has 0 aliphatic carbocycles. The molecule has 1 aliphatic rings.